The topological polar surface area (TPSA) is 118 Å². The zero-order chi connectivity index (χ0) is 24.3. The van der Waals surface area contributed by atoms with Crippen LogP contribution in [0.1, 0.15) is 18.4 Å². The molecule has 2 aromatic rings. The van der Waals surface area contributed by atoms with E-state index in [1.54, 1.807) is 26.1 Å². The summed E-state index contributed by atoms with van der Waals surface area (Å²) in [7, 11) is 2.78. The lowest BCUT2D eigenvalue weighted by atomic mass is 10.1. The Morgan fingerprint density at radius 3 is 2.52 bits per heavy atom. The third-order valence-corrected chi connectivity index (χ3v) is 5.57. The monoisotopic (exact) mass is 491 g/mol. The molecule has 0 saturated carbocycles. The van der Waals surface area contributed by atoms with Crippen molar-refractivity contribution in [3.05, 3.63) is 68.7 Å². The highest BCUT2D eigenvalue weighted by Gasteiger charge is 2.35. The van der Waals surface area contributed by atoms with Crippen LogP contribution < -0.4 is 10.6 Å². The fourth-order valence-corrected chi connectivity index (χ4v) is 3.31. The number of ether oxygens (including phenoxy) is 1. The third-order valence-electron chi connectivity index (χ3n) is 4.83. The van der Waals surface area contributed by atoms with Crippen LogP contribution in [0.5, 0.6) is 0 Å². The fraction of sp³-hybridized carbons (Fsp3) is 0.182. The number of nitrogens with one attached hydrogen (secondary N) is 2. The van der Waals surface area contributed by atoms with Gasteiger partial charge in [-0.15, -0.1) is 0 Å². The molecule has 0 fully saturated rings. The number of methoxy groups -OCH3 is 1. The van der Waals surface area contributed by atoms with E-state index >= 15 is 0 Å². The Labute approximate surface area is 199 Å². The molecule has 1 aromatic heterocycles. The molecule has 0 aliphatic carbocycles. The molecule has 33 heavy (non-hydrogen) atoms. The quantitative estimate of drug-likeness (QED) is 0.376. The van der Waals surface area contributed by atoms with Gasteiger partial charge < -0.3 is 24.7 Å². The predicted octanol–water partition coefficient (Wildman–Crippen LogP) is 3.14. The van der Waals surface area contributed by atoms with Crippen molar-refractivity contribution in [1.82, 2.24) is 10.2 Å². The van der Waals surface area contributed by atoms with Gasteiger partial charge in [0.15, 0.2) is 0 Å². The second kappa shape index (κ2) is 9.93. The maximum Gasteiger partial charge on any atom is 0.340 e. The number of halogens is 2. The largest absolute Gasteiger partial charge is 0.465 e. The smallest absolute Gasteiger partial charge is 0.340 e. The first-order chi connectivity index (χ1) is 15.6. The summed E-state index contributed by atoms with van der Waals surface area (Å²) in [6.07, 6.45) is 1.42. The van der Waals surface area contributed by atoms with Crippen LogP contribution in [0.4, 0.5) is 5.69 Å². The number of anilines is 1. The minimum atomic E-state index is -0.898. The summed E-state index contributed by atoms with van der Waals surface area (Å²) in [5.74, 6) is -2.19. The minimum Gasteiger partial charge on any atom is -0.465 e. The Kier molecular flexibility index (Phi) is 7.25. The molecule has 0 radical (unpaired) electrons. The van der Waals surface area contributed by atoms with Gasteiger partial charge in [-0.1, -0.05) is 23.2 Å². The Morgan fingerprint density at radius 1 is 1.12 bits per heavy atom. The molecule has 0 atom stereocenters. The van der Waals surface area contributed by atoms with Gasteiger partial charge in [-0.05, 0) is 43.3 Å². The lowest BCUT2D eigenvalue weighted by Crippen LogP contribution is -2.34. The minimum absolute atomic E-state index is 0.0800. The molecule has 2 N–H and O–H groups in total. The zero-order valence-corrected chi connectivity index (χ0v) is 19.3. The molecule has 3 amide bonds. The molecule has 1 aliphatic rings. The maximum absolute atomic E-state index is 12.5. The van der Waals surface area contributed by atoms with Gasteiger partial charge in [-0.2, -0.15) is 0 Å². The molecule has 0 spiro atoms. The highest BCUT2D eigenvalue weighted by Crippen LogP contribution is 2.30. The van der Waals surface area contributed by atoms with Gasteiger partial charge in [-0.3, -0.25) is 14.4 Å². The van der Waals surface area contributed by atoms with Crippen molar-refractivity contribution in [3.63, 3.8) is 0 Å². The third kappa shape index (κ3) is 5.27. The van der Waals surface area contributed by atoms with Gasteiger partial charge in [0.25, 0.3) is 5.91 Å². The number of hydrogen-bond acceptors (Lipinski definition) is 6. The number of amides is 3. The molecule has 2 heterocycles. The lowest BCUT2D eigenvalue weighted by molar-refractivity contribution is -0.136. The highest BCUT2D eigenvalue weighted by atomic mass is 35.5. The van der Waals surface area contributed by atoms with Crippen molar-refractivity contribution in [3.8, 4) is 0 Å². The number of carbonyl (C=O) groups excluding carboxylic acids is 4. The number of allylic oxidation sites excluding steroid dienone is 1. The number of hydrogen-bond donors (Lipinski definition) is 2. The molecular formula is C22H19Cl2N3O6. The second-order valence-electron chi connectivity index (χ2n) is 6.94. The first-order valence-electron chi connectivity index (χ1n) is 9.54. The molecular weight excluding hydrogens is 473 g/mol. The van der Waals surface area contributed by atoms with Gasteiger partial charge in [0.1, 0.15) is 11.5 Å². The van der Waals surface area contributed by atoms with Crippen LogP contribution in [-0.2, 0) is 30.5 Å². The standard InChI is InChI=1S/C22H19Cl2N3O6/c1-11-18(22(31)32-3)15(21(30)27(11)2)9-13-5-6-14(33-13)10-25-19(28)20(29)26-12-4-7-16(23)17(24)8-12/h4-9H,10H2,1-3H3,(H,25,28)(H,26,29)/b15-9-. The van der Waals surface area contributed by atoms with Gasteiger partial charge in [-0.25, -0.2) is 4.79 Å². The van der Waals surface area contributed by atoms with Crippen LogP contribution in [0, 0.1) is 0 Å². The average Bonchev–Trinajstić information content (AvgIpc) is 3.32. The molecule has 9 nitrogen and oxygen atoms in total. The Balaban J connectivity index is 1.65. The van der Waals surface area contributed by atoms with Crippen LogP contribution in [0.25, 0.3) is 6.08 Å². The Morgan fingerprint density at radius 2 is 1.85 bits per heavy atom. The van der Waals surface area contributed by atoms with Crippen LogP contribution in [0.15, 0.2) is 51.6 Å². The van der Waals surface area contributed by atoms with Gasteiger partial charge >= 0.3 is 17.8 Å². The molecule has 1 aromatic carbocycles. The maximum atomic E-state index is 12.5. The first-order valence-corrected chi connectivity index (χ1v) is 10.3. The predicted molar refractivity (Wildman–Crippen MR) is 121 cm³/mol. The first kappa shape index (κ1) is 24.1. The van der Waals surface area contributed by atoms with E-state index in [9.17, 15) is 19.2 Å². The SMILES string of the molecule is COC(=O)C1=C(C)N(C)C(=O)/C1=C\c1ccc(CNC(=O)C(=O)Nc2ccc(Cl)c(Cl)c2)o1. The molecule has 1 aliphatic heterocycles. The van der Waals surface area contributed by atoms with Crippen molar-refractivity contribution in [2.75, 3.05) is 19.5 Å². The van der Waals surface area contributed by atoms with E-state index in [4.69, 9.17) is 32.4 Å². The number of nitrogens with zero attached hydrogens (tertiary/aromatic N) is 1. The van der Waals surface area contributed by atoms with E-state index in [1.807, 2.05) is 0 Å². The number of likely N-dealkylation sites (N-methyl/N-ethyl adjacent to an activating group) is 1. The van der Waals surface area contributed by atoms with Crippen molar-refractivity contribution in [1.29, 1.82) is 0 Å². The van der Waals surface area contributed by atoms with Crippen LogP contribution in [0.2, 0.25) is 10.0 Å². The molecule has 0 bridgehead atoms. The van der Waals surface area contributed by atoms with E-state index in [1.165, 1.54) is 36.3 Å². The summed E-state index contributed by atoms with van der Waals surface area (Å²) in [6, 6.07) is 7.56. The summed E-state index contributed by atoms with van der Waals surface area (Å²) in [6.45, 7) is 1.56. The van der Waals surface area contributed by atoms with Gasteiger partial charge in [0.05, 0.1) is 34.8 Å². The van der Waals surface area contributed by atoms with Crippen LogP contribution in [-0.4, -0.2) is 42.7 Å². The molecule has 11 heteroatoms. The highest BCUT2D eigenvalue weighted by molar-refractivity contribution is 6.43. The number of benzene rings is 1. The van der Waals surface area contributed by atoms with E-state index in [0.717, 1.165) is 0 Å². The number of carbonyl (C=O) groups is 4. The Hall–Kier alpha value is -3.56. The summed E-state index contributed by atoms with van der Waals surface area (Å²) < 4.78 is 10.4. The Bertz CT molecular complexity index is 1210. The summed E-state index contributed by atoms with van der Waals surface area (Å²) >= 11 is 11.7. The van der Waals surface area contributed by atoms with E-state index in [-0.39, 0.29) is 34.4 Å². The van der Waals surface area contributed by atoms with Crippen LogP contribution in [0.3, 0.4) is 0 Å². The molecule has 3 rings (SSSR count). The normalized spacial score (nSPS) is 14.6. The van der Waals surface area contributed by atoms with Gasteiger partial charge in [0, 0.05) is 18.4 Å². The van der Waals surface area contributed by atoms with Crippen LogP contribution >= 0.6 is 23.2 Å². The molecule has 0 saturated heterocycles. The van der Waals surface area contributed by atoms with Crippen molar-refractivity contribution in [2.24, 2.45) is 0 Å². The number of furan rings is 1. The van der Waals surface area contributed by atoms with Crippen molar-refractivity contribution in [2.45, 2.75) is 13.5 Å². The fourth-order valence-electron chi connectivity index (χ4n) is 3.01. The van der Waals surface area contributed by atoms with E-state index in [0.29, 0.717) is 22.2 Å². The molecule has 0 unspecified atom stereocenters. The van der Waals surface area contributed by atoms with E-state index in [2.05, 4.69) is 10.6 Å². The summed E-state index contributed by atoms with van der Waals surface area (Å²) in [5, 5.41) is 5.39. The second-order valence-corrected chi connectivity index (χ2v) is 7.76. The number of esters is 1. The lowest BCUT2D eigenvalue weighted by Gasteiger charge is -2.08. The molecule has 172 valence electrons. The van der Waals surface area contributed by atoms with Gasteiger partial charge in [0.2, 0.25) is 0 Å². The van der Waals surface area contributed by atoms with Crippen molar-refractivity contribution >= 4 is 58.7 Å². The number of rotatable bonds is 5. The average molecular weight is 492 g/mol. The summed E-state index contributed by atoms with van der Waals surface area (Å²) in [4.78, 5) is 50.1. The summed E-state index contributed by atoms with van der Waals surface area (Å²) in [5.41, 5.74) is 1.06. The van der Waals surface area contributed by atoms with Crippen molar-refractivity contribution < 1.29 is 28.3 Å². The zero-order valence-electron chi connectivity index (χ0n) is 17.8. The van der Waals surface area contributed by atoms with E-state index < -0.39 is 17.8 Å².